The smallest absolute Gasteiger partial charge is 0.345 e. The van der Waals surface area contributed by atoms with Crippen molar-refractivity contribution >= 4 is 16.6 Å². The molecule has 28 heavy (non-hydrogen) atoms. The van der Waals surface area contributed by atoms with Crippen molar-refractivity contribution in [3.8, 4) is 11.3 Å². The Morgan fingerprint density at radius 2 is 1.96 bits per heavy atom. The number of benzene rings is 1. The molecule has 0 aliphatic carbocycles. The van der Waals surface area contributed by atoms with E-state index in [0.29, 0.717) is 16.8 Å². The molecule has 0 saturated carbocycles. The summed E-state index contributed by atoms with van der Waals surface area (Å²) in [4.78, 5) is 21.7. The summed E-state index contributed by atoms with van der Waals surface area (Å²) in [6, 6.07) is 7.96. The van der Waals surface area contributed by atoms with E-state index in [1.165, 1.54) is 5.56 Å². The molecular weight excluding hydrogens is 352 g/mol. The molecule has 0 bridgehead atoms. The largest absolute Gasteiger partial charge is 0.422 e. The van der Waals surface area contributed by atoms with Crippen LogP contribution in [0.25, 0.3) is 27.9 Å². The Bertz CT molecular complexity index is 1210. The Balaban J connectivity index is 1.70. The lowest BCUT2D eigenvalue weighted by Gasteiger charge is -2.04. The second-order valence-corrected chi connectivity index (χ2v) is 7.21. The first kappa shape index (κ1) is 18.4. The van der Waals surface area contributed by atoms with Crippen molar-refractivity contribution in [2.24, 2.45) is 0 Å². The van der Waals surface area contributed by atoms with Crippen LogP contribution < -0.4 is 10.9 Å². The summed E-state index contributed by atoms with van der Waals surface area (Å²) in [6.07, 6.45) is 6.95. The molecule has 4 aromatic rings. The topological polar surface area (TPSA) is 72.4 Å². The van der Waals surface area contributed by atoms with E-state index in [2.05, 4.69) is 21.4 Å². The second-order valence-electron chi connectivity index (χ2n) is 7.21. The zero-order valence-electron chi connectivity index (χ0n) is 16.5. The summed E-state index contributed by atoms with van der Waals surface area (Å²) in [5, 5.41) is 4.06. The Morgan fingerprint density at radius 3 is 2.79 bits per heavy atom. The molecule has 3 aromatic heterocycles. The number of nitrogens with one attached hydrogen (secondary N) is 1. The standard InChI is InChI=1S/C22H24N4O2/c1-14-12-26-13-19(25-21(26)15(2)24-14)18-11-17-8-7-16(6-4-5-9-23-3)10-20(17)28-22(18)27/h7-8,10-13,23H,4-6,9H2,1-3H3. The van der Waals surface area contributed by atoms with Crippen LogP contribution in [0.5, 0.6) is 0 Å². The maximum Gasteiger partial charge on any atom is 0.345 e. The van der Waals surface area contributed by atoms with E-state index in [9.17, 15) is 4.79 Å². The van der Waals surface area contributed by atoms with Crippen molar-refractivity contribution in [2.75, 3.05) is 13.6 Å². The number of rotatable bonds is 6. The average molecular weight is 376 g/mol. The van der Waals surface area contributed by atoms with Gasteiger partial charge in [0.05, 0.1) is 22.6 Å². The van der Waals surface area contributed by atoms with Gasteiger partial charge in [-0.1, -0.05) is 12.1 Å². The minimum Gasteiger partial charge on any atom is -0.422 e. The zero-order chi connectivity index (χ0) is 19.7. The fourth-order valence-corrected chi connectivity index (χ4v) is 3.55. The average Bonchev–Trinajstić information content (AvgIpc) is 3.08. The predicted octanol–water partition coefficient (Wildman–Crippen LogP) is 3.66. The van der Waals surface area contributed by atoms with Gasteiger partial charge in [0.25, 0.3) is 0 Å². The van der Waals surface area contributed by atoms with Crippen LogP contribution in [-0.2, 0) is 6.42 Å². The van der Waals surface area contributed by atoms with Gasteiger partial charge in [-0.15, -0.1) is 0 Å². The van der Waals surface area contributed by atoms with Crippen molar-refractivity contribution in [2.45, 2.75) is 33.1 Å². The predicted molar refractivity (Wildman–Crippen MR) is 111 cm³/mol. The van der Waals surface area contributed by atoms with Crippen LogP contribution in [0.3, 0.4) is 0 Å². The van der Waals surface area contributed by atoms with Gasteiger partial charge in [-0.05, 0) is 64.4 Å². The molecule has 0 saturated heterocycles. The lowest BCUT2D eigenvalue weighted by molar-refractivity contribution is 0.562. The Labute approximate surface area is 163 Å². The minimum absolute atomic E-state index is 0.370. The Morgan fingerprint density at radius 1 is 1.11 bits per heavy atom. The highest BCUT2D eigenvalue weighted by Crippen LogP contribution is 2.23. The summed E-state index contributed by atoms with van der Waals surface area (Å²) in [5.74, 6) is 0. The second kappa shape index (κ2) is 7.56. The molecule has 6 heteroatoms. The van der Waals surface area contributed by atoms with Gasteiger partial charge in [0.2, 0.25) is 0 Å². The number of nitrogens with zero attached hydrogens (tertiary/aromatic N) is 3. The van der Waals surface area contributed by atoms with Gasteiger partial charge in [-0.25, -0.2) is 9.78 Å². The van der Waals surface area contributed by atoms with Crippen LogP contribution in [0.4, 0.5) is 0 Å². The molecule has 1 aromatic carbocycles. The summed E-state index contributed by atoms with van der Waals surface area (Å²) >= 11 is 0. The van der Waals surface area contributed by atoms with Gasteiger partial charge in [0.1, 0.15) is 5.58 Å². The highest BCUT2D eigenvalue weighted by atomic mass is 16.4. The third-order valence-corrected chi connectivity index (χ3v) is 4.94. The third kappa shape index (κ3) is 3.55. The molecule has 3 heterocycles. The molecule has 0 amide bonds. The van der Waals surface area contributed by atoms with Crippen LogP contribution in [0.15, 0.2) is 45.9 Å². The molecule has 0 spiro atoms. The van der Waals surface area contributed by atoms with E-state index in [4.69, 9.17) is 4.42 Å². The van der Waals surface area contributed by atoms with Crippen LogP contribution >= 0.6 is 0 Å². The number of hydrogen-bond donors (Lipinski definition) is 1. The number of hydrogen-bond acceptors (Lipinski definition) is 5. The maximum atomic E-state index is 12.6. The number of aryl methyl sites for hydroxylation is 3. The van der Waals surface area contributed by atoms with Crippen molar-refractivity contribution in [3.63, 3.8) is 0 Å². The molecule has 0 aliphatic rings. The Hall–Kier alpha value is -2.99. The maximum absolute atomic E-state index is 12.6. The van der Waals surface area contributed by atoms with Gasteiger partial charge >= 0.3 is 5.63 Å². The van der Waals surface area contributed by atoms with E-state index in [1.54, 1.807) is 0 Å². The van der Waals surface area contributed by atoms with E-state index < -0.39 is 0 Å². The van der Waals surface area contributed by atoms with E-state index >= 15 is 0 Å². The fraction of sp³-hybridized carbons (Fsp3) is 0.318. The van der Waals surface area contributed by atoms with Gasteiger partial charge in [0, 0.05) is 17.8 Å². The van der Waals surface area contributed by atoms with Crippen LogP contribution in [0.1, 0.15) is 29.8 Å². The van der Waals surface area contributed by atoms with Crippen molar-refractivity contribution < 1.29 is 4.42 Å². The van der Waals surface area contributed by atoms with Gasteiger partial charge in [0.15, 0.2) is 5.65 Å². The first-order valence-electron chi connectivity index (χ1n) is 9.60. The molecule has 144 valence electrons. The fourth-order valence-electron chi connectivity index (χ4n) is 3.55. The van der Waals surface area contributed by atoms with Gasteiger partial charge in [-0.3, -0.25) is 4.98 Å². The summed E-state index contributed by atoms with van der Waals surface area (Å²) in [6.45, 7) is 4.87. The number of unbranched alkanes of at least 4 members (excludes halogenated alkanes) is 1. The van der Waals surface area contributed by atoms with E-state index in [1.807, 2.05) is 55.9 Å². The molecule has 0 atom stereocenters. The third-order valence-electron chi connectivity index (χ3n) is 4.94. The lowest BCUT2D eigenvalue weighted by atomic mass is 10.1. The van der Waals surface area contributed by atoms with E-state index in [0.717, 1.165) is 48.2 Å². The molecule has 4 rings (SSSR count). The minimum atomic E-state index is -0.370. The van der Waals surface area contributed by atoms with Gasteiger partial charge < -0.3 is 14.1 Å². The summed E-state index contributed by atoms with van der Waals surface area (Å²) in [5.41, 5.74) is 4.99. The van der Waals surface area contributed by atoms with Crippen molar-refractivity contribution in [1.82, 2.24) is 19.7 Å². The molecule has 6 nitrogen and oxygen atoms in total. The van der Waals surface area contributed by atoms with Crippen molar-refractivity contribution in [3.05, 3.63) is 64.0 Å². The molecule has 1 N–H and O–H groups in total. The highest BCUT2D eigenvalue weighted by Gasteiger charge is 2.13. The molecule has 0 aliphatic heterocycles. The monoisotopic (exact) mass is 376 g/mol. The molecule has 0 fully saturated rings. The first-order valence-corrected chi connectivity index (χ1v) is 9.60. The normalized spacial score (nSPS) is 11.5. The lowest BCUT2D eigenvalue weighted by Crippen LogP contribution is -2.07. The quantitative estimate of drug-likeness (QED) is 0.411. The van der Waals surface area contributed by atoms with Crippen LogP contribution in [0, 0.1) is 13.8 Å². The highest BCUT2D eigenvalue weighted by molar-refractivity contribution is 5.81. The summed E-state index contributed by atoms with van der Waals surface area (Å²) in [7, 11) is 1.96. The van der Waals surface area contributed by atoms with Crippen LogP contribution in [0.2, 0.25) is 0 Å². The SMILES string of the molecule is CNCCCCc1ccc2cc(-c3cn4cc(C)nc(C)c4n3)c(=O)oc2c1. The zero-order valence-corrected chi connectivity index (χ0v) is 16.5. The van der Waals surface area contributed by atoms with E-state index in [-0.39, 0.29) is 5.63 Å². The number of aromatic nitrogens is 3. The number of imidazole rings is 1. The van der Waals surface area contributed by atoms with Crippen LogP contribution in [-0.4, -0.2) is 28.0 Å². The van der Waals surface area contributed by atoms with Gasteiger partial charge in [-0.2, -0.15) is 0 Å². The summed E-state index contributed by atoms with van der Waals surface area (Å²) < 4.78 is 7.54. The molecule has 0 radical (unpaired) electrons. The molecular formula is C22H24N4O2. The van der Waals surface area contributed by atoms with Crippen molar-refractivity contribution in [1.29, 1.82) is 0 Å². The molecule has 0 unspecified atom stereocenters. The first-order chi connectivity index (χ1) is 13.5. The Kier molecular flexibility index (Phi) is 4.96. The number of fused-ring (bicyclic) bond motifs is 2.